The second-order valence-corrected chi connectivity index (χ2v) is 2.87. The molecular formula is C8H11N3. The van der Waals surface area contributed by atoms with Crippen LogP contribution < -0.4 is 5.32 Å². The summed E-state index contributed by atoms with van der Waals surface area (Å²) in [5.74, 6) is 0.980. The van der Waals surface area contributed by atoms with Gasteiger partial charge in [0, 0.05) is 13.0 Å². The molecule has 58 valence electrons. The van der Waals surface area contributed by atoms with Crippen LogP contribution in [0.25, 0.3) is 0 Å². The molecule has 11 heavy (non-hydrogen) atoms. The second kappa shape index (κ2) is 2.19. The Morgan fingerprint density at radius 2 is 1.91 bits per heavy atom. The van der Waals surface area contributed by atoms with Crippen molar-refractivity contribution < 1.29 is 0 Å². The van der Waals surface area contributed by atoms with Gasteiger partial charge in [-0.05, 0) is 13.8 Å². The van der Waals surface area contributed by atoms with Gasteiger partial charge >= 0.3 is 0 Å². The van der Waals surface area contributed by atoms with E-state index < -0.39 is 0 Å². The Kier molecular flexibility index (Phi) is 1.31. The van der Waals surface area contributed by atoms with Crippen LogP contribution in [0.5, 0.6) is 0 Å². The van der Waals surface area contributed by atoms with Gasteiger partial charge in [0.15, 0.2) is 0 Å². The fourth-order valence-corrected chi connectivity index (χ4v) is 1.26. The van der Waals surface area contributed by atoms with Gasteiger partial charge in [-0.2, -0.15) is 0 Å². The highest BCUT2D eigenvalue weighted by Crippen LogP contribution is 2.18. The van der Waals surface area contributed by atoms with E-state index in [-0.39, 0.29) is 0 Å². The number of hydrogen-bond donors (Lipinski definition) is 1. The number of hydrogen-bond acceptors (Lipinski definition) is 3. The SMILES string of the molecule is Cc1nc2c(nc1C)NCC2. The third kappa shape index (κ3) is 0.964. The van der Waals surface area contributed by atoms with Crippen molar-refractivity contribution in [3.63, 3.8) is 0 Å². The minimum Gasteiger partial charge on any atom is -0.368 e. The molecule has 0 unspecified atom stereocenters. The molecule has 0 saturated heterocycles. The van der Waals surface area contributed by atoms with E-state index in [0.29, 0.717) is 0 Å². The molecule has 2 rings (SSSR count). The second-order valence-electron chi connectivity index (χ2n) is 2.87. The van der Waals surface area contributed by atoms with Crippen molar-refractivity contribution in [2.75, 3.05) is 11.9 Å². The van der Waals surface area contributed by atoms with Crippen LogP contribution in [-0.2, 0) is 6.42 Å². The summed E-state index contributed by atoms with van der Waals surface area (Å²) < 4.78 is 0. The molecule has 0 spiro atoms. The summed E-state index contributed by atoms with van der Waals surface area (Å²) in [5, 5.41) is 3.19. The van der Waals surface area contributed by atoms with Crippen molar-refractivity contribution >= 4 is 5.82 Å². The normalized spacial score (nSPS) is 14.4. The van der Waals surface area contributed by atoms with Crippen molar-refractivity contribution in [2.45, 2.75) is 20.3 Å². The fourth-order valence-electron chi connectivity index (χ4n) is 1.26. The lowest BCUT2D eigenvalue weighted by Crippen LogP contribution is -1.97. The van der Waals surface area contributed by atoms with E-state index in [1.54, 1.807) is 0 Å². The van der Waals surface area contributed by atoms with Gasteiger partial charge in [-0.1, -0.05) is 0 Å². The third-order valence-electron chi connectivity index (χ3n) is 2.03. The fraction of sp³-hybridized carbons (Fsp3) is 0.500. The van der Waals surface area contributed by atoms with Crippen LogP contribution >= 0.6 is 0 Å². The molecule has 0 saturated carbocycles. The molecule has 3 heteroatoms. The van der Waals surface area contributed by atoms with Gasteiger partial charge in [0.2, 0.25) is 0 Å². The van der Waals surface area contributed by atoms with Crippen LogP contribution in [0.4, 0.5) is 5.82 Å². The average Bonchev–Trinajstić information content (AvgIpc) is 2.36. The van der Waals surface area contributed by atoms with E-state index in [2.05, 4.69) is 15.3 Å². The summed E-state index contributed by atoms with van der Waals surface area (Å²) >= 11 is 0. The van der Waals surface area contributed by atoms with Gasteiger partial charge in [-0.3, -0.25) is 4.98 Å². The number of anilines is 1. The maximum Gasteiger partial charge on any atom is 0.148 e. The van der Waals surface area contributed by atoms with Crippen LogP contribution in [0.3, 0.4) is 0 Å². The minimum absolute atomic E-state index is 0.980. The van der Waals surface area contributed by atoms with Crippen LogP contribution in [-0.4, -0.2) is 16.5 Å². The molecule has 0 radical (unpaired) electrons. The molecule has 0 aromatic carbocycles. The molecule has 0 aliphatic carbocycles. The van der Waals surface area contributed by atoms with E-state index in [4.69, 9.17) is 0 Å². The number of fused-ring (bicyclic) bond motifs is 1. The Balaban J connectivity index is 2.57. The molecule has 1 N–H and O–H groups in total. The topological polar surface area (TPSA) is 37.8 Å². The van der Waals surface area contributed by atoms with Crippen LogP contribution in [0, 0.1) is 13.8 Å². The van der Waals surface area contributed by atoms with Gasteiger partial charge in [-0.15, -0.1) is 0 Å². The summed E-state index contributed by atoms with van der Waals surface area (Å²) in [7, 11) is 0. The number of nitrogens with one attached hydrogen (secondary N) is 1. The number of rotatable bonds is 0. The summed E-state index contributed by atoms with van der Waals surface area (Å²) in [6.07, 6.45) is 1.02. The molecule has 1 aromatic rings. The van der Waals surface area contributed by atoms with E-state index in [1.165, 1.54) is 0 Å². The minimum atomic E-state index is 0.980. The van der Waals surface area contributed by atoms with Gasteiger partial charge in [0.25, 0.3) is 0 Å². The molecule has 1 aliphatic heterocycles. The average molecular weight is 149 g/mol. The first kappa shape index (κ1) is 6.58. The Morgan fingerprint density at radius 3 is 2.73 bits per heavy atom. The van der Waals surface area contributed by atoms with Gasteiger partial charge < -0.3 is 5.32 Å². The maximum atomic E-state index is 4.43. The molecule has 0 amide bonds. The zero-order valence-corrected chi connectivity index (χ0v) is 6.81. The lowest BCUT2D eigenvalue weighted by molar-refractivity contribution is 0.985. The van der Waals surface area contributed by atoms with Crippen LogP contribution in [0.15, 0.2) is 0 Å². The smallest absolute Gasteiger partial charge is 0.148 e. The van der Waals surface area contributed by atoms with Crippen LogP contribution in [0.1, 0.15) is 17.1 Å². The Hall–Kier alpha value is -1.12. The zero-order valence-electron chi connectivity index (χ0n) is 6.81. The predicted molar refractivity (Wildman–Crippen MR) is 43.7 cm³/mol. The van der Waals surface area contributed by atoms with E-state index in [0.717, 1.165) is 35.9 Å². The van der Waals surface area contributed by atoms with Crippen molar-refractivity contribution in [2.24, 2.45) is 0 Å². The monoisotopic (exact) mass is 149 g/mol. The molecule has 0 fully saturated rings. The molecule has 0 atom stereocenters. The van der Waals surface area contributed by atoms with E-state index in [9.17, 15) is 0 Å². The lowest BCUT2D eigenvalue weighted by Gasteiger charge is -2.01. The van der Waals surface area contributed by atoms with E-state index >= 15 is 0 Å². The van der Waals surface area contributed by atoms with Crippen molar-refractivity contribution in [1.29, 1.82) is 0 Å². The summed E-state index contributed by atoms with van der Waals surface area (Å²) in [4.78, 5) is 8.81. The number of aromatic nitrogens is 2. The highest BCUT2D eigenvalue weighted by molar-refractivity contribution is 5.46. The highest BCUT2D eigenvalue weighted by Gasteiger charge is 2.13. The van der Waals surface area contributed by atoms with E-state index in [1.807, 2.05) is 13.8 Å². The molecular weight excluding hydrogens is 138 g/mol. The predicted octanol–water partition coefficient (Wildman–Crippen LogP) is 1.06. The molecule has 3 nitrogen and oxygen atoms in total. The highest BCUT2D eigenvalue weighted by atomic mass is 15.1. The van der Waals surface area contributed by atoms with Gasteiger partial charge in [-0.25, -0.2) is 4.98 Å². The summed E-state index contributed by atoms with van der Waals surface area (Å²) in [5.41, 5.74) is 3.19. The maximum absolute atomic E-state index is 4.43. The summed E-state index contributed by atoms with van der Waals surface area (Å²) in [6.45, 7) is 4.97. The van der Waals surface area contributed by atoms with Crippen LogP contribution in [0.2, 0.25) is 0 Å². The first-order valence-corrected chi connectivity index (χ1v) is 3.85. The molecule has 1 aliphatic rings. The zero-order chi connectivity index (χ0) is 7.84. The quantitative estimate of drug-likeness (QED) is 0.599. The largest absolute Gasteiger partial charge is 0.368 e. The van der Waals surface area contributed by atoms with Gasteiger partial charge in [0.1, 0.15) is 5.82 Å². The number of nitrogens with zero attached hydrogens (tertiary/aromatic N) is 2. The Bertz CT molecular complexity index is 265. The molecule has 1 aromatic heterocycles. The van der Waals surface area contributed by atoms with Gasteiger partial charge in [0.05, 0.1) is 17.1 Å². The van der Waals surface area contributed by atoms with Crippen molar-refractivity contribution in [3.05, 3.63) is 17.1 Å². The third-order valence-corrected chi connectivity index (χ3v) is 2.03. The Labute approximate surface area is 65.9 Å². The first-order valence-electron chi connectivity index (χ1n) is 3.85. The van der Waals surface area contributed by atoms with Crippen molar-refractivity contribution in [3.8, 4) is 0 Å². The van der Waals surface area contributed by atoms with Crippen molar-refractivity contribution in [1.82, 2.24) is 9.97 Å². The first-order chi connectivity index (χ1) is 5.27. The standard InChI is InChI=1S/C8H11N3/c1-5-6(2)11-8-7(10-5)3-4-9-8/h3-4H2,1-2H3,(H,9,11). The lowest BCUT2D eigenvalue weighted by atomic mass is 10.3. The number of aryl methyl sites for hydroxylation is 2. The molecule has 0 bridgehead atoms. The Morgan fingerprint density at radius 1 is 1.18 bits per heavy atom. The molecule has 2 heterocycles. The summed E-state index contributed by atoms with van der Waals surface area (Å²) in [6, 6.07) is 0.